The van der Waals surface area contributed by atoms with Crippen LogP contribution in [0.15, 0.2) is 23.3 Å². The minimum atomic E-state index is -0.858. The zero-order chi connectivity index (χ0) is 14.5. The highest BCUT2D eigenvalue weighted by atomic mass is 16.6. The van der Waals surface area contributed by atoms with E-state index < -0.39 is 5.97 Å². The highest BCUT2D eigenvalue weighted by Crippen LogP contribution is 2.42. The summed E-state index contributed by atoms with van der Waals surface area (Å²) < 4.78 is 5.69. The van der Waals surface area contributed by atoms with Crippen LogP contribution in [0.3, 0.4) is 0 Å². The maximum Gasteiger partial charge on any atom is 0.328 e. The first-order valence-electron chi connectivity index (χ1n) is 7.11. The van der Waals surface area contributed by atoms with Gasteiger partial charge in [0.1, 0.15) is 0 Å². The predicted octanol–water partition coefficient (Wildman–Crippen LogP) is 4.09. The van der Waals surface area contributed by atoms with Crippen LogP contribution in [-0.2, 0) is 9.53 Å². The van der Waals surface area contributed by atoms with E-state index in [0.29, 0.717) is 6.10 Å². The van der Waals surface area contributed by atoms with E-state index in [-0.39, 0.29) is 5.60 Å². The summed E-state index contributed by atoms with van der Waals surface area (Å²) in [5.41, 5.74) is 2.42. The second kappa shape index (κ2) is 6.90. The van der Waals surface area contributed by atoms with Crippen molar-refractivity contribution < 1.29 is 14.6 Å². The van der Waals surface area contributed by atoms with E-state index in [0.717, 1.165) is 37.7 Å². The van der Waals surface area contributed by atoms with Crippen molar-refractivity contribution in [3.63, 3.8) is 0 Å². The van der Waals surface area contributed by atoms with Crippen LogP contribution in [0.4, 0.5) is 0 Å². The molecule has 3 nitrogen and oxygen atoms in total. The molecule has 0 amide bonds. The van der Waals surface area contributed by atoms with Crippen molar-refractivity contribution in [2.75, 3.05) is 0 Å². The van der Waals surface area contributed by atoms with Gasteiger partial charge in [0.2, 0.25) is 0 Å². The summed E-state index contributed by atoms with van der Waals surface area (Å²) in [6, 6.07) is 0. The van der Waals surface area contributed by atoms with Crippen LogP contribution >= 0.6 is 0 Å². The van der Waals surface area contributed by atoms with Crippen molar-refractivity contribution in [2.45, 2.75) is 71.5 Å². The fraction of sp³-hybridized carbons (Fsp3) is 0.688. The number of carboxylic acids is 1. The highest BCUT2D eigenvalue weighted by molar-refractivity contribution is 5.80. The molecule has 1 saturated heterocycles. The molecular weight excluding hydrogens is 240 g/mol. The number of carbonyl (C=O) groups is 1. The van der Waals surface area contributed by atoms with E-state index >= 15 is 0 Å². The second-order valence-electron chi connectivity index (χ2n) is 5.73. The van der Waals surface area contributed by atoms with Crippen LogP contribution in [0.1, 0.15) is 59.8 Å². The minimum absolute atomic E-state index is 0.126. The molecule has 2 unspecified atom stereocenters. The van der Waals surface area contributed by atoms with Gasteiger partial charge in [-0.25, -0.2) is 4.79 Å². The van der Waals surface area contributed by atoms with E-state index in [1.54, 1.807) is 0 Å². The van der Waals surface area contributed by atoms with Gasteiger partial charge in [-0.15, -0.1) is 0 Å². The largest absolute Gasteiger partial charge is 0.478 e. The Balaban J connectivity index is 2.21. The molecule has 0 aromatic carbocycles. The zero-order valence-electron chi connectivity index (χ0n) is 12.5. The topological polar surface area (TPSA) is 49.8 Å². The molecule has 0 spiro atoms. The van der Waals surface area contributed by atoms with Gasteiger partial charge in [0, 0.05) is 6.08 Å². The van der Waals surface area contributed by atoms with Gasteiger partial charge < -0.3 is 9.84 Å². The van der Waals surface area contributed by atoms with Crippen LogP contribution < -0.4 is 0 Å². The summed E-state index contributed by atoms with van der Waals surface area (Å²) >= 11 is 0. The zero-order valence-corrected chi connectivity index (χ0v) is 12.5. The first kappa shape index (κ1) is 16.0. The van der Waals surface area contributed by atoms with Gasteiger partial charge in [-0.05, 0) is 52.9 Å². The lowest BCUT2D eigenvalue weighted by Crippen LogP contribution is -2.07. The molecule has 19 heavy (non-hydrogen) atoms. The van der Waals surface area contributed by atoms with E-state index in [2.05, 4.69) is 26.8 Å². The first-order valence-corrected chi connectivity index (χ1v) is 7.11. The number of rotatable bonds is 8. The van der Waals surface area contributed by atoms with E-state index in [1.807, 2.05) is 6.92 Å². The Morgan fingerprint density at radius 2 is 2.00 bits per heavy atom. The van der Waals surface area contributed by atoms with E-state index in [1.165, 1.54) is 11.6 Å². The molecule has 1 fully saturated rings. The highest BCUT2D eigenvalue weighted by Gasteiger charge is 2.49. The van der Waals surface area contributed by atoms with Crippen LogP contribution in [0, 0.1) is 0 Å². The predicted molar refractivity (Wildman–Crippen MR) is 77.2 cm³/mol. The lowest BCUT2D eigenvalue weighted by molar-refractivity contribution is -0.131. The Labute approximate surface area is 116 Å². The van der Waals surface area contributed by atoms with Crippen LogP contribution in [0.25, 0.3) is 0 Å². The summed E-state index contributed by atoms with van der Waals surface area (Å²) in [5, 5.41) is 8.61. The van der Waals surface area contributed by atoms with Gasteiger partial charge in [0.05, 0.1) is 11.7 Å². The van der Waals surface area contributed by atoms with Gasteiger partial charge in [-0.2, -0.15) is 0 Å². The third-order valence-corrected chi connectivity index (χ3v) is 3.94. The van der Waals surface area contributed by atoms with E-state index in [4.69, 9.17) is 9.84 Å². The number of ether oxygens (including phenoxy) is 1. The Hall–Kier alpha value is -1.09. The molecule has 1 N–H and O–H groups in total. The summed E-state index contributed by atoms with van der Waals surface area (Å²) in [7, 11) is 0. The van der Waals surface area contributed by atoms with Crippen molar-refractivity contribution in [1.82, 2.24) is 0 Å². The molecule has 3 heteroatoms. The van der Waals surface area contributed by atoms with Gasteiger partial charge >= 0.3 is 5.97 Å². The number of epoxide rings is 1. The number of aliphatic carboxylic acids is 1. The molecule has 0 aliphatic carbocycles. The van der Waals surface area contributed by atoms with Crippen LogP contribution in [-0.4, -0.2) is 22.8 Å². The second-order valence-corrected chi connectivity index (χ2v) is 5.73. The average molecular weight is 266 g/mol. The third-order valence-electron chi connectivity index (χ3n) is 3.94. The smallest absolute Gasteiger partial charge is 0.328 e. The maximum absolute atomic E-state index is 10.5. The molecule has 1 aliphatic heterocycles. The van der Waals surface area contributed by atoms with E-state index in [9.17, 15) is 4.79 Å². The number of hydrogen-bond acceptors (Lipinski definition) is 2. The molecule has 0 bridgehead atoms. The molecule has 0 aromatic rings. The molecule has 1 rings (SSSR count). The summed E-state index contributed by atoms with van der Waals surface area (Å²) in [6.45, 7) is 8.35. The number of hydrogen-bond donors (Lipinski definition) is 1. The standard InChI is InChI=1S/C16H26O3/c1-5-16(4)14(19-16)10-9-12(2)7-6-8-13(3)11-15(17)18/h7,11,14H,5-6,8-10H2,1-4H3,(H,17,18)/b12-7+,13-11+. The van der Waals surface area contributed by atoms with Crippen molar-refractivity contribution in [2.24, 2.45) is 0 Å². The summed E-state index contributed by atoms with van der Waals surface area (Å²) in [5.74, 6) is -0.858. The molecule has 0 aromatic heterocycles. The SMILES string of the molecule is CCC1(C)OC1CC/C(C)=C/CC/C(C)=C/C(=O)O. The molecule has 1 heterocycles. The molecule has 0 saturated carbocycles. The summed E-state index contributed by atoms with van der Waals surface area (Å²) in [6.07, 6.45) is 8.90. The monoisotopic (exact) mass is 266 g/mol. The van der Waals surface area contributed by atoms with Gasteiger partial charge in [0.15, 0.2) is 0 Å². The number of allylic oxidation sites excluding steroid dienone is 3. The molecule has 108 valence electrons. The Kier molecular flexibility index (Phi) is 5.80. The lowest BCUT2D eigenvalue weighted by atomic mass is 9.99. The Morgan fingerprint density at radius 1 is 1.32 bits per heavy atom. The van der Waals surface area contributed by atoms with Crippen LogP contribution in [0.2, 0.25) is 0 Å². The van der Waals surface area contributed by atoms with Crippen LogP contribution in [0.5, 0.6) is 0 Å². The van der Waals surface area contributed by atoms with Gasteiger partial charge in [0.25, 0.3) is 0 Å². The van der Waals surface area contributed by atoms with Crippen molar-refractivity contribution >= 4 is 5.97 Å². The van der Waals surface area contributed by atoms with Gasteiger partial charge in [-0.1, -0.05) is 24.1 Å². The Bertz CT molecular complexity index is 381. The first-order chi connectivity index (χ1) is 8.87. The molecular formula is C16H26O3. The summed E-state index contributed by atoms with van der Waals surface area (Å²) in [4.78, 5) is 10.5. The van der Waals surface area contributed by atoms with Crippen molar-refractivity contribution in [3.05, 3.63) is 23.3 Å². The van der Waals surface area contributed by atoms with Crippen molar-refractivity contribution in [1.29, 1.82) is 0 Å². The molecule has 0 radical (unpaired) electrons. The third kappa shape index (κ3) is 5.60. The maximum atomic E-state index is 10.5. The number of carboxylic acid groups (broad SMARTS) is 1. The molecule has 1 aliphatic rings. The van der Waals surface area contributed by atoms with Gasteiger partial charge in [-0.3, -0.25) is 0 Å². The van der Waals surface area contributed by atoms with Crippen molar-refractivity contribution in [3.8, 4) is 0 Å². The quantitative estimate of drug-likeness (QED) is 0.409. The molecule has 2 atom stereocenters. The normalized spacial score (nSPS) is 27.5. The minimum Gasteiger partial charge on any atom is -0.478 e. The average Bonchev–Trinajstić information content (AvgIpc) is 2.98. The lowest BCUT2D eigenvalue weighted by Gasteiger charge is -2.03. The fourth-order valence-corrected chi connectivity index (χ4v) is 2.26. The Morgan fingerprint density at radius 3 is 2.53 bits per heavy atom. The fourth-order valence-electron chi connectivity index (χ4n) is 2.26.